The van der Waals surface area contributed by atoms with Gasteiger partial charge in [-0.2, -0.15) is 0 Å². The molecule has 1 aromatic rings. The summed E-state index contributed by atoms with van der Waals surface area (Å²) in [7, 11) is 0. The normalized spacial score (nSPS) is 29.8. The van der Waals surface area contributed by atoms with E-state index in [1.165, 1.54) is 5.56 Å². The number of Topliss-reactive ketones (excluding diaryl/α,β-unsaturated/α-hetero) is 1. The molecular formula is C18H22O. The van der Waals surface area contributed by atoms with E-state index in [9.17, 15) is 4.79 Å². The zero-order valence-electron chi connectivity index (χ0n) is 11.8. The third-order valence-corrected chi connectivity index (χ3v) is 4.60. The van der Waals surface area contributed by atoms with Gasteiger partial charge in [-0.05, 0) is 35.2 Å². The second-order valence-electron chi connectivity index (χ2n) is 6.86. The first kappa shape index (κ1) is 12.7. The van der Waals surface area contributed by atoms with Crippen LogP contribution in [0.1, 0.15) is 32.3 Å². The predicted octanol–water partition coefficient (Wildman–Crippen LogP) is 4.04. The van der Waals surface area contributed by atoms with Crippen LogP contribution in [0.25, 0.3) is 0 Å². The maximum Gasteiger partial charge on any atom is 0.133 e. The molecule has 0 bridgehead atoms. The van der Waals surface area contributed by atoms with Crippen molar-refractivity contribution in [3.05, 3.63) is 48.0 Å². The average molecular weight is 254 g/mol. The first-order valence-electron chi connectivity index (χ1n) is 7.30. The van der Waals surface area contributed by atoms with Gasteiger partial charge in [0.15, 0.2) is 0 Å². The van der Waals surface area contributed by atoms with Gasteiger partial charge in [-0.25, -0.2) is 0 Å². The van der Waals surface area contributed by atoms with Crippen LogP contribution in [0.5, 0.6) is 0 Å². The average Bonchev–Trinajstić information content (AvgIpc) is 2.82. The maximum atomic E-state index is 11.2. The number of hydrogen-bond acceptors (Lipinski definition) is 1. The zero-order chi connectivity index (χ0) is 13.5. The van der Waals surface area contributed by atoms with Gasteiger partial charge in [0.05, 0.1) is 0 Å². The van der Waals surface area contributed by atoms with Crippen LogP contribution in [-0.2, 0) is 11.2 Å². The predicted molar refractivity (Wildman–Crippen MR) is 77.8 cm³/mol. The molecule has 100 valence electrons. The molecular weight excluding hydrogens is 232 g/mol. The molecule has 3 rings (SSSR count). The molecule has 19 heavy (non-hydrogen) atoms. The molecule has 2 unspecified atom stereocenters. The Morgan fingerprint density at radius 2 is 1.79 bits per heavy atom. The zero-order valence-corrected chi connectivity index (χ0v) is 11.8. The number of hydrogen-bond donors (Lipinski definition) is 0. The van der Waals surface area contributed by atoms with Crippen LogP contribution >= 0.6 is 0 Å². The fraction of sp³-hybridized carbons (Fsp3) is 0.500. The summed E-state index contributed by atoms with van der Waals surface area (Å²) in [5.41, 5.74) is 1.59. The van der Waals surface area contributed by atoms with Crippen LogP contribution < -0.4 is 0 Å². The van der Waals surface area contributed by atoms with Crippen molar-refractivity contribution < 1.29 is 4.79 Å². The molecule has 1 heteroatoms. The van der Waals surface area contributed by atoms with Crippen molar-refractivity contribution >= 4 is 5.78 Å². The lowest BCUT2D eigenvalue weighted by atomic mass is 9.85. The molecule has 0 spiro atoms. The highest BCUT2D eigenvalue weighted by atomic mass is 16.1. The molecule has 0 aliphatic heterocycles. The number of rotatable bonds is 4. The second-order valence-corrected chi connectivity index (χ2v) is 6.86. The Bertz CT molecular complexity index is 484. The number of carbonyl (C=O) groups is 1. The van der Waals surface area contributed by atoms with Crippen LogP contribution in [0.3, 0.4) is 0 Å². The highest BCUT2D eigenvalue weighted by molar-refractivity contribution is 5.83. The lowest BCUT2D eigenvalue weighted by Gasteiger charge is -2.20. The van der Waals surface area contributed by atoms with Crippen molar-refractivity contribution in [2.75, 3.05) is 0 Å². The molecule has 2 atom stereocenters. The minimum absolute atomic E-state index is 0.197. The minimum atomic E-state index is 0.197. The van der Waals surface area contributed by atoms with E-state index in [0.717, 1.165) is 19.3 Å². The quantitative estimate of drug-likeness (QED) is 0.741. The Hall–Kier alpha value is -1.37. The van der Waals surface area contributed by atoms with E-state index >= 15 is 0 Å². The number of fused-ring (bicyclic) bond motifs is 1. The fourth-order valence-corrected chi connectivity index (χ4v) is 3.50. The lowest BCUT2D eigenvalue weighted by molar-refractivity contribution is -0.118. The van der Waals surface area contributed by atoms with Gasteiger partial charge in [0, 0.05) is 12.8 Å². The Morgan fingerprint density at radius 1 is 1.16 bits per heavy atom. The molecule has 2 fully saturated rings. The maximum absolute atomic E-state index is 11.2. The summed E-state index contributed by atoms with van der Waals surface area (Å²) < 4.78 is 0. The van der Waals surface area contributed by atoms with Crippen LogP contribution in [-0.4, -0.2) is 5.78 Å². The summed E-state index contributed by atoms with van der Waals surface area (Å²) in [5.74, 6) is 2.52. The topological polar surface area (TPSA) is 17.1 Å². The van der Waals surface area contributed by atoms with Crippen molar-refractivity contribution in [1.29, 1.82) is 0 Å². The molecule has 0 aromatic heterocycles. The van der Waals surface area contributed by atoms with E-state index in [0.29, 0.717) is 23.5 Å². The molecule has 0 saturated heterocycles. The molecule has 2 aliphatic rings. The van der Waals surface area contributed by atoms with Gasteiger partial charge in [0.25, 0.3) is 0 Å². The van der Waals surface area contributed by atoms with E-state index in [1.54, 1.807) is 0 Å². The third kappa shape index (κ3) is 2.80. The highest BCUT2D eigenvalue weighted by Gasteiger charge is 2.54. The summed E-state index contributed by atoms with van der Waals surface area (Å²) in [6.07, 6.45) is 7.49. The van der Waals surface area contributed by atoms with Crippen LogP contribution in [0.15, 0.2) is 42.5 Å². The van der Waals surface area contributed by atoms with Gasteiger partial charge >= 0.3 is 0 Å². The first-order valence-corrected chi connectivity index (χ1v) is 7.30. The molecule has 2 saturated carbocycles. The van der Waals surface area contributed by atoms with Crippen molar-refractivity contribution in [3.63, 3.8) is 0 Å². The van der Waals surface area contributed by atoms with E-state index < -0.39 is 0 Å². The van der Waals surface area contributed by atoms with Crippen molar-refractivity contribution in [3.8, 4) is 0 Å². The molecule has 0 amide bonds. The van der Waals surface area contributed by atoms with Gasteiger partial charge in [-0.15, -0.1) is 0 Å². The summed E-state index contributed by atoms with van der Waals surface area (Å²) in [4.78, 5) is 11.2. The first-order chi connectivity index (χ1) is 9.05. The summed E-state index contributed by atoms with van der Waals surface area (Å²) in [6, 6.07) is 10.7. The van der Waals surface area contributed by atoms with E-state index in [2.05, 4.69) is 56.3 Å². The SMILES string of the molecule is CC(C)(/C=C/C1C2CC(=O)CC12)Cc1ccccc1. The molecule has 1 nitrogen and oxygen atoms in total. The van der Waals surface area contributed by atoms with Gasteiger partial charge in [-0.1, -0.05) is 56.3 Å². The van der Waals surface area contributed by atoms with Crippen LogP contribution in [0.4, 0.5) is 0 Å². The smallest absolute Gasteiger partial charge is 0.133 e. The molecule has 2 aliphatic carbocycles. The Morgan fingerprint density at radius 3 is 2.42 bits per heavy atom. The summed E-state index contributed by atoms with van der Waals surface area (Å²) >= 11 is 0. The standard InChI is InChI=1S/C18H22O/c1-18(2,12-13-6-4-3-5-7-13)9-8-15-16-10-14(19)11-17(15)16/h3-9,15-17H,10-12H2,1-2H3/b9-8+. The van der Waals surface area contributed by atoms with Gasteiger partial charge in [0.1, 0.15) is 5.78 Å². The number of benzene rings is 1. The van der Waals surface area contributed by atoms with Crippen molar-refractivity contribution in [2.24, 2.45) is 23.2 Å². The van der Waals surface area contributed by atoms with E-state index in [1.807, 2.05) is 0 Å². The largest absolute Gasteiger partial charge is 0.300 e. The fourth-order valence-electron chi connectivity index (χ4n) is 3.50. The Kier molecular flexibility index (Phi) is 3.08. The van der Waals surface area contributed by atoms with Crippen molar-refractivity contribution in [1.82, 2.24) is 0 Å². The van der Waals surface area contributed by atoms with Crippen LogP contribution in [0.2, 0.25) is 0 Å². The molecule has 0 radical (unpaired) electrons. The van der Waals surface area contributed by atoms with Gasteiger partial charge < -0.3 is 0 Å². The number of carbonyl (C=O) groups excluding carboxylic acids is 1. The second kappa shape index (κ2) is 4.63. The number of allylic oxidation sites excluding steroid dienone is 2. The van der Waals surface area contributed by atoms with Crippen molar-refractivity contribution in [2.45, 2.75) is 33.1 Å². The monoisotopic (exact) mass is 254 g/mol. The minimum Gasteiger partial charge on any atom is -0.300 e. The van der Waals surface area contributed by atoms with Gasteiger partial charge in [0.2, 0.25) is 0 Å². The Balaban J connectivity index is 1.58. The van der Waals surface area contributed by atoms with Gasteiger partial charge in [-0.3, -0.25) is 4.79 Å². The van der Waals surface area contributed by atoms with E-state index in [4.69, 9.17) is 0 Å². The third-order valence-electron chi connectivity index (χ3n) is 4.60. The Labute approximate surface area is 115 Å². The molecule has 0 heterocycles. The number of ketones is 1. The van der Waals surface area contributed by atoms with E-state index in [-0.39, 0.29) is 5.41 Å². The highest BCUT2D eigenvalue weighted by Crippen LogP contribution is 2.57. The molecule has 0 N–H and O–H groups in total. The summed E-state index contributed by atoms with van der Waals surface area (Å²) in [5, 5.41) is 0. The summed E-state index contributed by atoms with van der Waals surface area (Å²) in [6.45, 7) is 4.58. The lowest BCUT2D eigenvalue weighted by Crippen LogP contribution is -2.11. The van der Waals surface area contributed by atoms with Crippen LogP contribution in [0, 0.1) is 23.2 Å². The molecule has 1 aromatic carbocycles.